The van der Waals surface area contributed by atoms with Crippen molar-refractivity contribution in [3.63, 3.8) is 0 Å². The van der Waals surface area contributed by atoms with Gasteiger partial charge in [-0.1, -0.05) is 54.5 Å². The van der Waals surface area contributed by atoms with Gasteiger partial charge < -0.3 is 9.73 Å². The highest BCUT2D eigenvalue weighted by molar-refractivity contribution is 5.80. The van der Waals surface area contributed by atoms with E-state index in [4.69, 9.17) is 4.42 Å². The molecule has 0 amide bonds. The van der Waals surface area contributed by atoms with Gasteiger partial charge in [-0.2, -0.15) is 0 Å². The fraction of sp³-hybridized carbons (Fsp3) is 0.550. The second-order valence-electron chi connectivity index (χ2n) is 8.63. The summed E-state index contributed by atoms with van der Waals surface area (Å²) in [5.74, 6) is 0.0326. The van der Waals surface area contributed by atoms with Gasteiger partial charge in [0.15, 0.2) is 5.58 Å². The van der Waals surface area contributed by atoms with Gasteiger partial charge in [0.2, 0.25) is 0 Å². The quantitative estimate of drug-likeness (QED) is 0.462. The van der Waals surface area contributed by atoms with Gasteiger partial charge in [-0.3, -0.25) is 10.1 Å². The number of nitro groups is 1. The molecular weight excluding hydrogens is 330 g/mol. The minimum absolute atomic E-state index is 0.0326. The molecule has 142 valence electrons. The normalized spacial score (nSPS) is 13.3. The number of aromatic nitrogens is 1. The van der Waals surface area contributed by atoms with E-state index in [1.807, 2.05) is 13.0 Å². The Balaban J connectivity index is 2.69. The molecule has 0 bridgehead atoms. The van der Waals surface area contributed by atoms with Crippen molar-refractivity contribution < 1.29 is 9.34 Å². The van der Waals surface area contributed by atoms with Gasteiger partial charge in [-0.05, 0) is 28.9 Å². The molecule has 0 aliphatic rings. The Bertz CT molecular complexity index is 836. The molecule has 0 spiro atoms. The average Bonchev–Trinajstić information content (AvgIpc) is 2.91. The van der Waals surface area contributed by atoms with Crippen molar-refractivity contribution >= 4 is 16.8 Å². The van der Waals surface area contributed by atoms with Crippen molar-refractivity contribution in [2.24, 2.45) is 0 Å². The van der Waals surface area contributed by atoms with Gasteiger partial charge in [-0.15, -0.1) is 0 Å². The Labute approximate surface area is 154 Å². The summed E-state index contributed by atoms with van der Waals surface area (Å²) in [6.07, 6.45) is 2.24. The third-order valence-electron chi connectivity index (χ3n) is 4.21. The average molecular weight is 359 g/mol. The molecule has 0 fully saturated rings. The van der Waals surface area contributed by atoms with Crippen LogP contribution in [0.4, 0.5) is 0 Å². The number of hydrogen-bond acceptors (Lipinski definition) is 5. The fourth-order valence-corrected chi connectivity index (χ4v) is 2.64. The van der Waals surface area contributed by atoms with Gasteiger partial charge in [0.25, 0.3) is 0 Å². The largest absolute Gasteiger partial charge is 0.431 e. The molecular formula is C20H29N3O3. The van der Waals surface area contributed by atoms with Gasteiger partial charge in [-0.25, -0.2) is 4.98 Å². The Morgan fingerprint density at radius 2 is 1.88 bits per heavy atom. The van der Waals surface area contributed by atoms with Crippen LogP contribution in [0, 0.1) is 10.1 Å². The second kappa shape index (κ2) is 7.09. The molecule has 1 N–H and O–H groups in total. The van der Waals surface area contributed by atoms with Gasteiger partial charge >= 0.3 is 11.6 Å². The van der Waals surface area contributed by atoms with Gasteiger partial charge in [0.05, 0.1) is 11.1 Å². The molecule has 26 heavy (non-hydrogen) atoms. The molecule has 0 saturated heterocycles. The van der Waals surface area contributed by atoms with Crippen LogP contribution in [0.25, 0.3) is 16.8 Å². The third kappa shape index (κ3) is 4.23. The summed E-state index contributed by atoms with van der Waals surface area (Å²) in [4.78, 5) is 15.5. The first-order valence-corrected chi connectivity index (χ1v) is 8.99. The summed E-state index contributed by atoms with van der Waals surface area (Å²) >= 11 is 0. The lowest BCUT2D eigenvalue weighted by atomic mass is 9.80. The Kier molecular flexibility index (Phi) is 5.44. The van der Waals surface area contributed by atoms with Crippen LogP contribution >= 0.6 is 0 Å². The predicted molar refractivity (Wildman–Crippen MR) is 105 cm³/mol. The number of nitrogens with zero attached hydrogens (tertiary/aromatic N) is 2. The first-order chi connectivity index (χ1) is 11.9. The molecule has 0 atom stereocenters. The Morgan fingerprint density at radius 3 is 2.38 bits per heavy atom. The minimum Gasteiger partial charge on any atom is -0.431 e. The summed E-state index contributed by atoms with van der Waals surface area (Å²) in [5, 5.41) is 14.4. The minimum atomic E-state index is -0.463. The van der Waals surface area contributed by atoms with E-state index in [2.05, 4.69) is 57.9 Å². The number of benzene rings is 1. The van der Waals surface area contributed by atoms with E-state index in [-0.39, 0.29) is 22.4 Å². The van der Waals surface area contributed by atoms with Crippen LogP contribution in [0.2, 0.25) is 0 Å². The van der Waals surface area contributed by atoms with Crippen LogP contribution in [-0.2, 0) is 10.8 Å². The SMILES string of the molecule is CCCN/C=C(\c1nc2cc(C(C)(C)C)cc(C(C)(C)C)c2o1)[N+](=O)[O-]. The Morgan fingerprint density at radius 1 is 1.23 bits per heavy atom. The van der Waals surface area contributed by atoms with Crippen LogP contribution in [-0.4, -0.2) is 16.5 Å². The summed E-state index contributed by atoms with van der Waals surface area (Å²) in [5.41, 5.74) is 3.01. The number of oxazole rings is 1. The van der Waals surface area contributed by atoms with E-state index in [1.165, 1.54) is 6.20 Å². The summed E-state index contributed by atoms with van der Waals surface area (Å²) < 4.78 is 5.89. The van der Waals surface area contributed by atoms with Crippen LogP contribution in [0.3, 0.4) is 0 Å². The molecule has 0 aliphatic carbocycles. The van der Waals surface area contributed by atoms with E-state index in [0.29, 0.717) is 17.6 Å². The van der Waals surface area contributed by atoms with Crippen molar-refractivity contribution in [1.29, 1.82) is 0 Å². The summed E-state index contributed by atoms with van der Waals surface area (Å²) in [6.45, 7) is 15.4. The van der Waals surface area contributed by atoms with Crippen LogP contribution in [0.1, 0.15) is 71.9 Å². The molecule has 0 radical (unpaired) electrons. The first-order valence-electron chi connectivity index (χ1n) is 8.99. The van der Waals surface area contributed by atoms with Crippen molar-refractivity contribution in [2.45, 2.75) is 65.7 Å². The van der Waals surface area contributed by atoms with Crippen molar-refractivity contribution in [2.75, 3.05) is 6.54 Å². The van der Waals surface area contributed by atoms with E-state index in [1.54, 1.807) is 0 Å². The molecule has 0 aliphatic heterocycles. The van der Waals surface area contributed by atoms with E-state index < -0.39 is 4.92 Å². The highest BCUT2D eigenvalue weighted by Gasteiger charge is 2.28. The molecule has 0 unspecified atom stereocenters. The molecule has 1 aromatic heterocycles. The predicted octanol–water partition coefficient (Wildman–Crippen LogP) is 5.00. The zero-order chi connectivity index (χ0) is 19.7. The number of fused-ring (bicyclic) bond motifs is 1. The third-order valence-corrected chi connectivity index (χ3v) is 4.21. The van der Waals surface area contributed by atoms with Gasteiger partial charge in [0, 0.05) is 12.1 Å². The molecule has 1 heterocycles. The second-order valence-corrected chi connectivity index (χ2v) is 8.63. The standard InChI is InChI=1S/C20H29N3O3/c1-8-9-21-12-16(23(24)25)18-22-15-11-13(19(2,3)4)10-14(17(15)26-18)20(5,6)7/h10-12,21H,8-9H2,1-7H3/b16-12+. The van der Waals surface area contributed by atoms with E-state index in [0.717, 1.165) is 17.5 Å². The lowest BCUT2D eigenvalue weighted by Gasteiger charge is -2.24. The lowest BCUT2D eigenvalue weighted by Crippen LogP contribution is -2.16. The maximum Gasteiger partial charge on any atom is 0.346 e. The molecule has 2 aromatic rings. The summed E-state index contributed by atoms with van der Waals surface area (Å²) in [6, 6.07) is 4.09. The number of rotatable bonds is 5. The number of hydrogen-bond donors (Lipinski definition) is 1. The highest BCUT2D eigenvalue weighted by Crippen LogP contribution is 2.36. The van der Waals surface area contributed by atoms with Crippen molar-refractivity contribution in [1.82, 2.24) is 10.3 Å². The summed E-state index contributed by atoms with van der Waals surface area (Å²) in [7, 11) is 0. The first kappa shape index (κ1) is 19.9. The molecule has 2 rings (SSSR count). The van der Waals surface area contributed by atoms with E-state index >= 15 is 0 Å². The van der Waals surface area contributed by atoms with Crippen LogP contribution in [0.5, 0.6) is 0 Å². The highest BCUT2D eigenvalue weighted by atomic mass is 16.6. The van der Waals surface area contributed by atoms with Gasteiger partial charge in [0.1, 0.15) is 5.52 Å². The Hall–Kier alpha value is -2.37. The lowest BCUT2D eigenvalue weighted by molar-refractivity contribution is -0.377. The van der Waals surface area contributed by atoms with Crippen LogP contribution < -0.4 is 5.32 Å². The molecule has 6 heteroatoms. The maximum atomic E-state index is 11.5. The monoisotopic (exact) mass is 359 g/mol. The zero-order valence-electron chi connectivity index (χ0n) is 16.8. The van der Waals surface area contributed by atoms with Crippen molar-refractivity contribution in [3.8, 4) is 0 Å². The van der Waals surface area contributed by atoms with Crippen LogP contribution in [0.15, 0.2) is 22.7 Å². The maximum absolute atomic E-state index is 11.5. The molecule has 1 aromatic carbocycles. The van der Waals surface area contributed by atoms with Crippen molar-refractivity contribution in [3.05, 3.63) is 45.5 Å². The zero-order valence-corrected chi connectivity index (χ0v) is 16.8. The molecule has 6 nitrogen and oxygen atoms in total. The smallest absolute Gasteiger partial charge is 0.346 e. The fourth-order valence-electron chi connectivity index (χ4n) is 2.64. The van der Waals surface area contributed by atoms with E-state index in [9.17, 15) is 10.1 Å². The number of nitrogens with one attached hydrogen (secondary N) is 1. The topological polar surface area (TPSA) is 81.2 Å². The molecule has 0 saturated carbocycles.